The highest BCUT2D eigenvalue weighted by atomic mass is 16.4. The van der Waals surface area contributed by atoms with Crippen LogP contribution in [0.4, 0.5) is 5.69 Å². The van der Waals surface area contributed by atoms with E-state index in [0.29, 0.717) is 0 Å². The van der Waals surface area contributed by atoms with Gasteiger partial charge in [0.2, 0.25) is 0 Å². The molecule has 0 aromatic heterocycles. The minimum absolute atomic E-state index is 0.160. The van der Waals surface area contributed by atoms with Crippen molar-refractivity contribution in [3.05, 3.63) is 17.7 Å². The fourth-order valence-electron chi connectivity index (χ4n) is 0.804. The molecular formula is C7H7NO4. The van der Waals surface area contributed by atoms with Gasteiger partial charge in [-0.1, -0.05) is 0 Å². The zero-order valence-electron chi connectivity index (χ0n) is 5.98. The Kier molecular flexibility index (Phi) is 1.78. The second-order valence-corrected chi connectivity index (χ2v) is 2.24. The van der Waals surface area contributed by atoms with Crippen LogP contribution in [0, 0.1) is 0 Å². The molecular weight excluding hydrogens is 162 g/mol. The summed E-state index contributed by atoms with van der Waals surface area (Å²) in [6.07, 6.45) is 0. The van der Waals surface area contributed by atoms with E-state index in [9.17, 15) is 4.79 Å². The highest BCUT2D eigenvalue weighted by Crippen LogP contribution is 2.29. The topological polar surface area (TPSA) is 104 Å². The molecule has 1 aromatic carbocycles. The van der Waals surface area contributed by atoms with E-state index < -0.39 is 17.3 Å². The van der Waals surface area contributed by atoms with Crippen LogP contribution in [-0.2, 0) is 0 Å². The van der Waals surface area contributed by atoms with Gasteiger partial charge in [0.1, 0.15) is 11.3 Å². The molecule has 0 unspecified atom stereocenters. The lowest BCUT2D eigenvalue weighted by Crippen LogP contribution is -1.98. The SMILES string of the molecule is Nc1cc(O)cc(C(=O)O)c1O. The quantitative estimate of drug-likeness (QED) is 0.276. The first-order chi connectivity index (χ1) is 5.52. The molecule has 64 valence electrons. The fourth-order valence-corrected chi connectivity index (χ4v) is 0.804. The summed E-state index contributed by atoms with van der Waals surface area (Å²) in [4.78, 5) is 10.4. The van der Waals surface area contributed by atoms with E-state index in [2.05, 4.69) is 0 Å². The van der Waals surface area contributed by atoms with Crippen LogP contribution in [-0.4, -0.2) is 21.3 Å². The summed E-state index contributed by atoms with van der Waals surface area (Å²) in [6.45, 7) is 0. The van der Waals surface area contributed by atoms with Crippen molar-refractivity contribution in [2.24, 2.45) is 0 Å². The monoisotopic (exact) mass is 169 g/mol. The highest BCUT2D eigenvalue weighted by molar-refractivity contribution is 5.93. The maximum absolute atomic E-state index is 10.4. The van der Waals surface area contributed by atoms with Crippen LogP contribution in [0.3, 0.4) is 0 Å². The van der Waals surface area contributed by atoms with Crippen LogP contribution in [0.5, 0.6) is 11.5 Å². The Morgan fingerprint density at radius 2 is 1.92 bits per heavy atom. The van der Waals surface area contributed by atoms with Crippen LogP contribution in [0.2, 0.25) is 0 Å². The van der Waals surface area contributed by atoms with Gasteiger partial charge in [-0.15, -0.1) is 0 Å². The summed E-state index contributed by atoms with van der Waals surface area (Å²) >= 11 is 0. The average molecular weight is 169 g/mol. The number of aromatic hydroxyl groups is 2. The molecule has 5 N–H and O–H groups in total. The summed E-state index contributed by atoms with van der Waals surface area (Å²) in [7, 11) is 0. The molecule has 0 fully saturated rings. The Hall–Kier alpha value is -1.91. The third-order valence-electron chi connectivity index (χ3n) is 1.35. The van der Waals surface area contributed by atoms with Crippen LogP contribution in [0.25, 0.3) is 0 Å². The van der Waals surface area contributed by atoms with Crippen molar-refractivity contribution >= 4 is 11.7 Å². The van der Waals surface area contributed by atoms with Crippen molar-refractivity contribution in [3.63, 3.8) is 0 Å². The van der Waals surface area contributed by atoms with Gasteiger partial charge in [-0.05, 0) is 6.07 Å². The molecule has 0 amide bonds. The van der Waals surface area contributed by atoms with Crippen molar-refractivity contribution in [2.75, 3.05) is 5.73 Å². The first-order valence-electron chi connectivity index (χ1n) is 3.07. The zero-order chi connectivity index (χ0) is 9.30. The lowest BCUT2D eigenvalue weighted by molar-refractivity contribution is 0.0693. The van der Waals surface area contributed by atoms with Crippen LogP contribution in [0.15, 0.2) is 12.1 Å². The minimum atomic E-state index is -1.34. The third kappa shape index (κ3) is 1.24. The molecule has 0 aliphatic carbocycles. The summed E-state index contributed by atoms with van der Waals surface area (Å²) < 4.78 is 0. The fraction of sp³-hybridized carbons (Fsp3) is 0. The largest absolute Gasteiger partial charge is 0.508 e. The van der Waals surface area contributed by atoms with Gasteiger partial charge in [0.05, 0.1) is 5.69 Å². The van der Waals surface area contributed by atoms with Gasteiger partial charge in [0, 0.05) is 6.07 Å². The van der Waals surface area contributed by atoms with E-state index in [1.54, 1.807) is 0 Å². The predicted molar refractivity (Wildman–Crippen MR) is 41.1 cm³/mol. The van der Waals surface area contributed by atoms with Gasteiger partial charge in [-0.3, -0.25) is 0 Å². The van der Waals surface area contributed by atoms with E-state index in [0.717, 1.165) is 12.1 Å². The lowest BCUT2D eigenvalue weighted by atomic mass is 10.1. The maximum atomic E-state index is 10.4. The van der Waals surface area contributed by atoms with Gasteiger partial charge >= 0.3 is 5.97 Å². The number of carboxylic acid groups (broad SMARTS) is 1. The molecule has 5 heteroatoms. The second kappa shape index (κ2) is 2.61. The number of benzene rings is 1. The predicted octanol–water partition coefficient (Wildman–Crippen LogP) is 0.378. The standard InChI is InChI=1S/C7H7NO4/c8-5-2-3(9)1-4(6(5)10)7(11)12/h1-2,9-10H,8H2,(H,11,12). The van der Waals surface area contributed by atoms with Crippen molar-refractivity contribution in [1.82, 2.24) is 0 Å². The number of nitrogens with two attached hydrogens (primary N) is 1. The number of carbonyl (C=O) groups is 1. The summed E-state index contributed by atoms with van der Waals surface area (Å²) in [6, 6.07) is 2.00. The van der Waals surface area contributed by atoms with Gasteiger partial charge in [0.25, 0.3) is 0 Å². The number of rotatable bonds is 1. The third-order valence-corrected chi connectivity index (χ3v) is 1.35. The van der Waals surface area contributed by atoms with E-state index >= 15 is 0 Å². The number of phenols is 2. The molecule has 0 atom stereocenters. The molecule has 0 bridgehead atoms. The Balaban J connectivity index is 3.37. The normalized spacial score (nSPS) is 9.67. The summed E-state index contributed by atoms with van der Waals surface area (Å²) in [5, 5.41) is 26.5. The van der Waals surface area contributed by atoms with E-state index in [1.807, 2.05) is 0 Å². The van der Waals surface area contributed by atoms with Gasteiger partial charge in [-0.25, -0.2) is 4.79 Å². The highest BCUT2D eigenvalue weighted by Gasteiger charge is 2.13. The van der Waals surface area contributed by atoms with Gasteiger partial charge in [-0.2, -0.15) is 0 Å². The molecule has 0 saturated carbocycles. The van der Waals surface area contributed by atoms with Crippen molar-refractivity contribution < 1.29 is 20.1 Å². The first kappa shape index (κ1) is 8.19. The molecule has 0 aliphatic rings. The lowest BCUT2D eigenvalue weighted by Gasteiger charge is -2.03. The Labute approximate surface area is 67.7 Å². The van der Waals surface area contributed by atoms with E-state index in [1.165, 1.54) is 0 Å². The van der Waals surface area contributed by atoms with Crippen LogP contribution >= 0.6 is 0 Å². The maximum Gasteiger partial charge on any atom is 0.339 e. The van der Waals surface area contributed by atoms with Gasteiger partial charge in [0.15, 0.2) is 5.75 Å². The van der Waals surface area contributed by atoms with Gasteiger partial charge < -0.3 is 21.1 Å². The summed E-state index contributed by atoms with van der Waals surface area (Å²) in [5.74, 6) is -2.15. The minimum Gasteiger partial charge on any atom is -0.508 e. The zero-order valence-corrected chi connectivity index (χ0v) is 5.98. The van der Waals surface area contributed by atoms with Crippen LogP contribution < -0.4 is 5.73 Å². The molecule has 1 rings (SSSR count). The number of aromatic carboxylic acids is 1. The molecule has 0 radical (unpaired) electrons. The molecule has 0 saturated heterocycles. The number of hydrogen-bond donors (Lipinski definition) is 4. The van der Waals surface area contributed by atoms with E-state index in [-0.39, 0.29) is 11.4 Å². The molecule has 5 nitrogen and oxygen atoms in total. The number of phenolic OH excluding ortho intramolecular Hbond substituents is 1. The number of hydrogen-bond acceptors (Lipinski definition) is 4. The Morgan fingerprint density at radius 1 is 1.33 bits per heavy atom. The molecule has 0 heterocycles. The van der Waals surface area contributed by atoms with E-state index in [4.69, 9.17) is 21.1 Å². The second-order valence-electron chi connectivity index (χ2n) is 2.24. The van der Waals surface area contributed by atoms with Crippen molar-refractivity contribution in [2.45, 2.75) is 0 Å². The Morgan fingerprint density at radius 3 is 2.42 bits per heavy atom. The van der Waals surface area contributed by atoms with Crippen molar-refractivity contribution in [1.29, 1.82) is 0 Å². The summed E-state index contributed by atoms with van der Waals surface area (Å²) in [5.41, 5.74) is 4.62. The first-order valence-corrected chi connectivity index (χ1v) is 3.07. The smallest absolute Gasteiger partial charge is 0.339 e. The molecule has 0 aliphatic heterocycles. The average Bonchev–Trinajstić information content (AvgIpc) is 1.96. The number of nitrogen functional groups attached to an aromatic ring is 1. The number of carboxylic acids is 1. The Bertz CT molecular complexity index is 334. The van der Waals surface area contributed by atoms with Crippen LogP contribution in [0.1, 0.15) is 10.4 Å². The molecule has 0 spiro atoms. The molecule has 12 heavy (non-hydrogen) atoms. The molecule has 1 aromatic rings. The van der Waals surface area contributed by atoms with Crippen molar-refractivity contribution in [3.8, 4) is 11.5 Å². The number of anilines is 1.